The Hall–Kier alpha value is -0.680. The van der Waals surface area contributed by atoms with E-state index in [2.05, 4.69) is 47.1 Å². The number of carbonyl (C=O) groups excluding carboxylic acids is 1. The number of halogens is 1. The van der Waals surface area contributed by atoms with Crippen LogP contribution in [0.25, 0.3) is 0 Å². The van der Waals surface area contributed by atoms with Crippen LogP contribution in [0.2, 0.25) is 0 Å². The van der Waals surface area contributed by atoms with Crippen LogP contribution in [0.4, 0.5) is 0 Å². The Balaban J connectivity index is 2.46. The zero-order valence-electron chi connectivity index (χ0n) is 12.3. The lowest BCUT2D eigenvalue weighted by Gasteiger charge is -2.07. The molecular formula is C14H24BrN3O. The molecule has 0 spiro atoms. The first-order valence-electron chi connectivity index (χ1n) is 6.91. The number of ketones is 1. The predicted molar refractivity (Wildman–Crippen MR) is 81.4 cm³/mol. The van der Waals surface area contributed by atoms with Gasteiger partial charge < -0.3 is 5.32 Å². The van der Waals surface area contributed by atoms with E-state index in [0.29, 0.717) is 18.9 Å². The Bertz CT molecular complexity index is 427. The summed E-state index contributed by atoms with van der Waals surface area (Å²) < 4.78 is 2.80. The van der Waals surface area contributed by atoms with E-state index >= 15 is 0 Å². The number of rotatable bonds is 8. The fourth-order valence-electron chi connectivity index (χ4n) is 1.96. The molecule has 5 heteroatoms. The van der Waals surface area contributed by atoms with Gasteiger partial charge >= 0.3 is 0 Å². The molecule has 0 aliphatic carbocycles. The average Bonchev–Trinajstić information content (AvgIpc) is 2.62. The number of Topliss-reactive ketones (excluding diaryl/α,β-unsaturated/α-hetero) is 1. The SMILES string of the molecule is CCc1nn(C)c(CC(=O)CCCNC(C)C)c1Br. The molecule has 0 unspecified atom stereocenters. The summed E-state index contributed by atoms with van der Waals surface area (Å²) >= 11 is 3.54. The van der Waals surface area contributed by atoms with Gasteiger partial charge in [0.15, 0.2) is 0 Å². The van der Waals surface area contributed by atoms with E-state index in [1.165, 1.54) is 0 Å². The van der Waals surface area contributed by atoms with E-state index in [-0.39, 0.29) is 5.78 Å². The minimum Gasteiger partial charge on any atom is -0.315 e. The molecule has 0 bridgehead atoms. The maximum Gasteiger partial charge on any atom is 0.138 e. The van der Waals surface area contributed by atoms with Gasteiger partial charge in [-0.05, 0) is 35.3 Å². The second-order valence-electron chi connectivity index (χ2n) is 5.11. The molecule has 0 radical (unpaired) electrons. The van der Waals surface area contributed by atoms with Crippen molar-refractivity contribution in [3.05, 3.63) is 15.9 Å². The number of hydrogen-bond acceptors (Lipinski definition) is 3. The number of aryl methyl sites for hydroxylation is 2. The van der Waals surface area contributed by atoms with Crippen molar-refractivity contribution in [2.45, 2.75) is 52.5 Å². The molecule has 0 amide bonds. The van der Waals surface area contributed by atoms with Gasteiger partial charge in [0, 0.05) is 25.9 Å². The van der Waals surface area contributed by atoms with Crippen molar-refractivity contribution in [2.75, 3.05) is 6.54 Å². The van der Waals surface area contributed by atoms with Gasteiger partial charge in [-0.2, -0.15) is 5.10 Å². The van der Waals surface area contributed by atoms with E-state index in [1.807, 2.05) is 11.7 Å². The molecule has 0 saturated carbocycles. The third-order valence-corrected chi connectivity index (χ3v) is 3.97. The molecule has 0 saturated heterocycles. The number of hydrogen-bond donors (Lipinski definition) is 1. The van der Waals surface area contributed by atoms with Gasteiger partial charge in [0.1, 0.15) is 5.78 Å². The van der Waals surface area contributed by atoms with E-state index in [4.69, 9.17) is 0 Å². The highest BCUT2D eigenvalue weighted by Gasteiger charge is 2.15. The van der Waals surface area contributed by atoms with Gasteiger partial charge in [-0.3, -0.25) is 9.48 Å². The Morgan fingerprint density at radius 3 is 2.68 bits per heavy atom. The van der Waals surface area contributed by atoms with Crippen LogP contribution in [0.15, 0.2) is 4.47 Å². The molecule has 1 heterocycles. The monoisotopic (exact) mass is 329 g/mol. The summed E-state index contributed by atoms with van der Waals surface area (Å²) in [4.78, 5) is 12.0. The number of carbonyl (C=O) groups is 1. The topological polar surface area (TPSA) is 46.9 Å². The van der Waals surface area contributed by atoms with E-state index < -0.39 is 0 Å². The molecule has 0 aliphatic rings. The van der Waals surface area contributed by atoms with Crippen molar-refractivity contribution in [1.29, 1.82) is 0 Å². The highest BCUT2D eigenvalue weighted by atomic mass is 79.9. The first-order valence-corrected chi connectivity index (χ1v) is 7.70. The summed E-state index contributed by atoms with van der Waals surface area (Å²) in [7, 11) is 1.90. The summed E-state index contributed by atoms with van der Waals surface area (Å²) in [5, 5.41) is 7.73. The van der Waals surface area contributed by atoms with Crippen LogP contribution < -0.4 is 5.32 Å². The smallest absolute Gasteiger partial charge is 0.138 e. The first kappa shape index (κ1) is 16.4. The number of nitrogens with zero attached hydrogens (tertiary/aromatic N) is 2. The van der Waals surface area contributed by atoms with Gasteiger partial charge in [-0.1, -0.05) is 20.8 Å². The molecule has 0 aliphatic heterocycles. The fraction of sp³-hybridized carbons (Fsp3) is 0.714. The molecule has 1 N–H and O–H groups in total. The zero-order valence-corrected chi connectivity index (χ0v) is 13.9. The van der Waals surface area contributed by atoms with Crippen molar-refractivity contribution in [2.24, 2.45) is 7.05 Å². The largest absolute Gasteiger partial charge is 0.315 e. The predicted octanol–water partition coefficient (Wildman–Crippen LogP) is 2.63. The van der Waals surface area contributed by atoms with Gasteiger partial charge in [0.2, 0.25) is 0 Å². The molecule has 0 fully saturated rings. The molecule has 1 rings (SSSR count). The summed E-state index contributed by atoms with van der Waals surface area (Å²) in [6.45, 7) is 7.19. The van der Waals surface area contributed by atoms with Crippen molar-refractivity contribution in [1.82, 2.24) is 15.1 Å². The number of aromatic nitrogens is 2. The van der Waals surface area contributed by atoms with Gasteiger partial charge in [-0.15, -0.1) is 0 Å². The lowest BCUT2D eigenvalue weighted by Crippen LogP contribution is -2.24. The molecule has 1 aromatic heterocycles. The minimum atomic E-state index is 0.275. The third-order valence-electron chi connectivity index (χ3n) is 3.05. The minimum absolute atomic E-state index is 0.275. The maximum absolute atomic E-state index is 12.0. The Morgan fingerprint density at radius 2 is 2.16 bits per heavy atom. The number of nitrogens with one attached hydrogen (secondary N) is 1. The Kier molecular flexibility index (Phi) is 6.72. The molecule has 0 atom stereocenters. The Morgan fingerprint density at radius 1 is 1.47 bits per heavy atom. The molecule has 108 valence electrons. The van der Waals surface area contributed by atoms with Crippen molar-refractivity contribution < 1.29 is 4.79 Å². The van der Waals surface area contributed by atoms with Crippen LogP contribution in [-0.4, -0.2) is 28.2 Å². The van der Waals surface area contributed by atoms with Crippen molar-refractivity contribution in [3.8, 4) is 0 Å². The lowest BCUT2D eigenvalue weighted by molar-refractivity contribution is -0.118. The normalized spacial score (nSPS) is 11.3. The molecule has 1 aromatic rings. The molecule has 0 aromatic carbocycles. The summed E-state index contributed by atoms with van der Waals surface area (Å²) in [6.07, 6.45) is 2.86. The van der Waals surface area contributed by atoms with Crippen LogP contribution in [0.3, 0.4) is 0 Å². The van der Waals surface area contributed by atoms with Crippen molar-refractivity contribution >= 4 is 21.7 Å². The zero-order chi connectivity index (χ0) is 14.4. The van der Waals surface area contributed by atoms with Gasteiger partial charge in [-0.25, -0.2) is 0 Å². The van der Waals surface area contributed by atoms with Crippen LogP contribution in [-0.2, 0) is 24.7 Å². The third kappa shape index (κ3) is 5.07. The van der Waals surface area contributed by atoms with Crippen LogP contribution in [0, 0.1) is 0 Å². The lowest BCUT2D eigenvalue weighted by atomic mass is 10.1. The van der Waals surface area contributed by atoms with Crippen LogP contribution >= 0.6 is 15.9 Å². The van der Waals surface area contributed by atoms with Crippen LogP contribution in [0.5, 0.6) is 0 Å². The summed E-state index contributed by atoms with van der Waals surface area (Å²) in [5.74, 6) is 0.275. The van der Waals surface area contributed by atoms with Crippen LogP contribution in [0.1, 0.15) is 45.0 Å². The summed E-state index contributed by atoms with van der Waals surface area (Å²) in [6, 6.07) is 0.480. The second kappa shape index (κ2) is 7.80. The maximum atomic E-state index is 12.0. The van der Waals surface area contributed by atoms with E-state index in [1.54, 1.807) is 0 Å². The van der Waals surface area contributed by atoms with Crippen molar-refractivity contribution in [3.63, 3.8) is 0 Å². The van der Waals surface area contributed by atoms with E-state index in [9.17, 15) is 4.79 Å². The highest BCUT2D eigenvalue weighted by Crippen LogP contribution is 2.22. The quantitative estimate of drug-likeness (QED) is 0.746. The average molecular weight is 330 g/mol. The fourth-order valence-corrected chi connectivity index (χ4v) is 2.72. The standard InChI is InChI=1S/C14H24BrN3O/c1-5-12-14(15)13(18(4)17-12)9-11(19)7-6-8-16-10(2)3/h10,16H,5-9H2,1-4H3. The molecule has 19 heavy (non-hydrogen) atoms. The first-order chi connectivity index (χ1) is 8.95. The molecule has 4 nitrogen and oxygen atoms in total. The second-order valence-corrected chi connectivity index (χ2v) is 5.91. The van der Waals surface area contributed by atoms with E-state index in [0.717, 1.165) is 35.2 Å². The van der Waals surface area contributed by atoms with Gasteiger partial charge in [0.05, 0.1) is 15.9 Å². The Labute approximate surface area is 124 Å². The summed E-state index contributed by atoms with van der Waals surface area (Å²) in [5.41, 5.74) is 2.01. The highest BCUT2D eigenvalue weighted by molar-refractivity contribution is 9.10. The molecular weight excluding hydrogens is 306 g/mol. The van der Waals surface area contributed by atoms with Gasteiger partial charge in [0.25, 0.3) is 0 Å².